The smallest absolute Gasteiger partial charge is 1.00 e. The maximum absolute atomic E-state index is 2.59. The van der Waals surface area contributed by atoms with Crippen LogP contribution in [0.5, 0.6) is 0 Å². The first-order chi connectivity index (χ1) is 25.4. The van der Waals surface area contributed by atoms with E-state index in [9.17, 15) is 0 Å². The molecule has 2 aliphatic carbocycles. The van der Waals surface area contributed by atoms with Crippen molar-refractivity contribution >= 4 is 46.0 Å². The van der Waals surface area contributed by atoms with E-state index in [1.54, 1.807) is 11.1 Å². The van der Waals surface area contributed by atoms with Gasteiger partial charge >= 0.3 is 340 Å². The molecule has 0 saturated heterocycles. The van der Waals surface area contributed by atoms with E-state index in [2.05, 4.69) is 177 Å². The zero-order valence-electron chi connectivity index (χ0n) is 33.2. The van der Waals surface area contributed by atoms with E-state index in [1.807, 2.05) is 22.7 Å². The van der Waals surface area contributed by atoms with Crippen LogP contribution in [0, 0.1) is 0 Å². The predicted octanol–water partition coefficient (Wildman–Crippen LogP) is 8.84. The van der Waals surface area contributed by atoms with E-state index < -0.39 is 23.2 Å². The summed E-state index contributed by atoms with van der Waals surface area (Å²) in [5.41, 5.74) is 17.4. The molecular formula is C50H50Cl2S2Zr. The molecule has 0 amide bonds. The summed E-state index contributed by atoms with van der Waals surface area (Å²) in [5, 5.41) is 0. The van der Waals surface area contributed by atoms with Crippen molar-refractivity contribution in [1.82, 2.24) is 0 Å². The first kappa shape index (κ1) is 41.8. The van der Waals surface area contributed by atoms with Crippen molar-refractivity contribution in [2.24, 2.45) is 0 Å². The number of halogens is 2. The minimum atomic E-state index is -1.21. The molecular weight excluding hydrogens is 827 g/mol. The number of benzene rings is 4. The van der Waals surface area contributed by atoms with Gasteiger partial charge in [-0.1, -0.05) is 0 Å². The molecule has 0 fully saturated rings. The van der Waals surface area contributed by atoms with Crippen molar-refractivity contribution in [3.63, 3.8) is 0 Å². The van der Waals surface area contributed by atoms with E-state index in [1.165, 1.54) is 75.1 Å². The van der Waals surface area contributed by atoms with Gasteiger partial charge in [-0.05, 0) is 0 Å². The van der Waals surface area contributed by atoms with Gasteiger partial charge in [-0.15, -0.1) is 0 Å². The number of fused-ring (bicyclic) bond motifs is 2. The molecule has 0 radical (unpaired) electrons. The summed E-state index contributed by atoms with van der Waals surface area (Å²) in [6, 6.07) is 42.6. The van der Waals surface area contributed by atoms with E-state index in [0.29, 0.717) is 7.25 Å². The molecule has 0 nitrogen and oxygen atoms in total. The second-order valence-electron chi connectivity index (χ2n) is 16.7. The number of aryl methyl sites for hydroxylation is 2. The summed E-state index contributed by atoms with van der Waals surface area (Å²) < 4.78 is 0.927. The fourth-order valence-electron chi connectivity index (χ4n) is 8.01. The van der Waals surface area contributed by atoms with E-state index in [4.69, 9.17) is 0 Å². The Bertz CT molecular complexity index is 2190. The van der Waals surface area contributed by atoms with Crippen LogP contribution in [-0.2, 0) is 46.9 Å². The minimum absolute atomic E-state index is 0. The number of thiophene rings is 2. The first-order valence-electron chi connectivity index (χ1n) is 19.3. The first-order valence-corrected chi connectivity index (χ1v) is 23.7. The van der Waals surface area contributed by atoms with Crippen LogP contribution in [-0.4, -0.2) is 0 Å². The van der Waals surface area contributed by atoms with Gasteiger partial charge in [0.05, 0.1) is 0 Å². The van der Waals surface area contributed by atoms with E-state index >= 15 is 0 Å². The van der Waals surface area contributed by atoms with Gasteiger partial charge in [0, 0.05) is 0 Å². The third-order valence-corrected chi connectivity index (χ3v) is 18.4. The van der Waals surface area contributed by atoms with Crippen LogP contribution in [0.15, 0.2) is 109 Å². The summed E-state index contributed by atoms with van der Waals surface area (Å²) in [4.78, 5) is 5.86. The van der Waals surface area contributed by atoms with Crippen LogP contribution in [0.4, 0.5) is 0 Å². The van der Waals surface area contributed by atoms with Crippen LogP contribution in [0.3, 0.4) is 0 Å². The zero-order chi connectivity index (χ0) is 37.1. The molecule has 4 aromatic carbocycles. The number of hydrogen-bond donors (Lipinski definition) is 0. The molecule has 6 aromatic rings. The molecule has 2 aliphatic rings. The van der Waals surface area contributed by atoms with Crippen LogP contribution >= 0.6 is 22.7 Å². The Morgan fingerprint density at radius 3 is 1.20 bits per heavy atom. The number of hydrogen-bond acceptors (Lipinski definition) is 2. The average molecular weight is 877 g/mol. The third kappa shape index (κ3) is 8.17. The molecule has 0 bridgehead atoms. The SMILES string of the molecule is CCc1ccc(C2=Cc3c(-c4ccc(C(C)(C)C)cc4)cccc3[CH]2[Zr+2][CH]2C(c3ccc(CC)s3)=Cc3c(-c4ccc(C(C)(C)C)cc4)cccc32)s1.[Cl-].[Cl-]. The van der Waals surface area contributed by atoms with E-state index in [-0.39, 0.29) is 35.6 Å². The molecule has 5 heteroatoms. The molecule has 2 atom stereocenters. The Morgan fingerprint density at radius 2 is 0.873 bits per heavy atom. The largest absolute Gasteiger partial charge is 1.00 e. The zero-order valence-corrected chi connectivity index (χ0v) is 38.8. The average Bonchev–Trinajstić information content (AvgIpc) is 3.96. The Hall–Kier alpha value is -2.78. The monoisotopic (exact) mass is 874 g/mol. The Balaban J connectivity index is 0.00000257. The third-order valence-electron chi connectivity index (χ3n) is 11.2. The Kier molecular flexibility index (Phi) is 12.6. The summed E-state index contributed by atoms with van der Waals surface area (Å²) in [6.07, 6.45) is 7.35. The molecule has 280 valence electrons. The van der Waals surface area contributed by atoms with Gasteiger partial charge in [0.2, 0.25) is 0 Å². The number of allylic oxidation sites excluding steroid dienone is 2. The molecule has 55 heavy (non-hydrogen) atoms. The predicted molar refractivity (Wildman–Crippen MR) is 230 cm³/mol. The van der Waals surface area contributed by atoms with Gasteiger partial charge in [-0.25, -0.2) is 0 Å². The fourth-order valence-corrected chi connectivity index (χ4v) is 15.5. The second kappa shape index (κ2) is 16.6. The van der Waals surface area contributed by atoms with Crippen LogP contribution in [0.25, 0.3) is 45.6 Å². The topological polar surface area (TPSA) is 0 Å². The van der Waals surface area contributed by atoms with Crippen molar-refractivity contribution in [2.45, 2.75) is 86.3 Å². The maximum atomic E-state index is 2.59. The molecule has 2 heterocycles. The summed E-state index contributed by atoms with van der Waals surface area (Å²) in [5.74, 6) is 0. The normalized spacial score (nSPS) is 16.0. The van der Waals surface area contributed by atoms with Gasteiger partial charge in [0.25, 0.3) is 0 Å². The van der Waals surface area contributed by atoms with Gasteiger partial charge in [0.1, 0.15) is 0 Å². The second-order valence-corrected chi connectivity index (χ2v) is 22.7. The molecule has 8 rings (SSSR count). The van der Waals surface area contributed by atoms with Crippen LogP contribution in [0.1, 0.15) is 116 Å². The van der Waals surface area contributed by atoms with Crippen LogP contribution < -0.4 is 24.8 Å². The van der Waals surface area contributed by atoms with Crippen molar-refractivity contribution in [1.29, 1.82) is 0 Å². The Morgan fingerprint density at radius 1 is 0.491 bits per heavy atom. The Labute approximate surface area is 361 Å². The fraction of sp³-hybridized carbons (Fsp3) is 0.280. The standard InChI is InChI=1S/2C25H25S.2ClH.Zr/c2*1-5-21-13-14-24(26-21)19-15-18-7-6-8-22(23(18)16-19)17-9-11-20(12-10-17)25(2,3)4;;;/h2*6-16H,5H2,1-4H3;2*1H;/q;;;;+2/p-2. The van der Waals surface area contributed by atoms with E-state index in [0.717, 1.165) is 12.8 Å². The molecule has 0 spiro atoms. The van der Waals surface area contributed by atoms with Crippen molar-refractivity contribution in [2.75, 3.05) is 0 Å². The molecule has 0 saturated carbocycles. The molecule has 0 N–H and O–H groups in total. The van der Waals surface area contributed by atoms with Crippen LogP contribution in [0.2, 0.25) is 0 Å². The molecule has 0 aliphatic heterocycles. The van der Waals surface area contributed by atoms with Gasteiger partial charge in [-0.2, -0.15) is 0 Å². The van der Waals surface area contributed by atoms with Gasteiger partial charge in [-0.3, -0.25) is 0 Å². The maximum Gasteiger partial charge on any atom is -1.00 e. The summed E-state index contributed by atoms with van der Waals surface area (Å²) >= 11 is 2.81. The van der Waals surface area contributed by atoms with Crippen molar-refractivity contribution < 1.29 is 48.0 Å². The molecule has 2 aromatic heterocycles. The van der Waals surface area contributed by atoms with Gasteiger partial charge < -0.3 is 24.8 Å². The van der Waals surface area contributed by atoms with Crippen molar-refractivity contribution in [3.05, 3.63) is 162 Å². The van der Waals surface area contributed by atoms with Crippen molar-refractivity contribution in [3.8, 4) is 22.3 Å². The molecule has 2 unspecified atom stereocenters. The number of rotatable bonds is 8. The quantitative estimate of drug-likeness (QED) is 0.144. The summed E-state index contributed by atoms with van der Waals surface area (Å²) in [6.45, 7) is 18.4. The summed E-state index contributed by atoms with van der Waals surface area (Å²) in [7, 11) is 0. The minimum Gasteiger partial charge on any atom is -1.00 e. The van der Waals surface area contributed by atoms with Gasteiger partial charge in [0.15, 0.2) is 0 Å².